The predicted molar refractivity (Wildman–Crippen MR) is 80.4 cm³/mol. The zero-order valence-electron chi connectivity index (χ0n) is 11.8. The van der Waals surface area contributed by atoms with Gasteiger partial charge in [-0.2, -0.15) is 0 Å². The quantitative estimate of drug-likeness (QED) is 0.671. The molecule has 0 aliphatic carbocycles. The van der Waals surface area contributed by atoms with E-state index in [-0.39, 0.29) is 11.9 Å². The molecule has 3 nitrogen and oxygen atoms in total. The maximum atomic E-state index is 13.0. The highest BCUT2D eigenvalue weighted by Crippen LogP contribution is 2.33. The third-order valence-electron chi connectivity index (χ3n) is 3.89. The zero-order chi connectivity index (χ0) is 14.7. The van der Waals surface area contributed by atoms with Crippen LogP contribution in [0.2, 0.25) is 0 Å². The largest absolute Gasteiger partial charge is 0.493 e. The van der Waals surface area contributed by atoms with Crippen LogP contribution >= 0.6 is 0 Å². The van der Waals surface area contributed by atoms with Crippen molar-refractivity contribution in [1.29, 1.82) is 0 Å². The van der Waals surface area contributed by atoms with Crippen molar-refractivity contribution >= 4 is 0 Å². The zero-order valence-corrected chi connectivity index (χ0v) is 11.8. The van der Waals surface area contributed by atoms with Crippen LogP contribution in [0.4, 0.5) is 4.39 Å². The Bertz CT molecular complexity index is 613. The van der Waals surface area contributed by atoms with E-state index >= 15 is 0 Å². The number of benzene rings is 2. The summed E-state index contributed by atoms with van der Waals surface area (Å²) in [5.74, 6) is 6.46. The van der Waals surface area contributed by atoms with Crippen molar-refractivity contribution < 1.29 is 9.13 Å². The lowest BCUT2D eigenvalue weighted by molar-refractivity contribution is 0.281. The number of para-hydroxylation sites is 1. The number of hydrazine groups is 1. The summed E-state index contributed by atoms with van der Waals surface area (Å²) in [6, 6.07) is 12.6. The van der Waals surface area contributed by atoms with Crippen molar-refractivity contribution in [3.05, 3.63) is 65.0 Å². The number of rotatable bonds is 4. The number of nitrogens with two attached hydrogens (primary N) is 1. The molecule has 3 N–H and O–H groups in total. The predicted octanol–water partition coefficient (Wildman–Crippen LogP) is 2.90. The lowest BCUT2D eigenvalue weighted by Gasteiger charge is -2.25. The first-order valence-corrected chi connectivity index (χ1v) is 7.23. The van der Waals surface area contributed by atoms with Crippen LogP contribution < -0.4 is 16.0 Å². The van der Waals surface area contributed by atoms with Gasteiger partial charge < -0.3 is 4.74 Å². The fourth-order valence-corrected chi connectivity index (χ4v) is 2.80. The van der Waals surface area contributed by atoms with E-state index < -0.39 is 0 Å². The summed E-state index contributed by atoms with van der Waals surface area (Å²) in [5.41, 5.74) is 6.20. The molecular weight excluding hydrogens is 267 g/mol. The maximum absolute atomic E-state index is 13.0. The summed E-state index contributed by atoms with van der Waals surface area (Å²) in [4.78, 5) is 0. The smallest absolute Gasteiger partial charge is 0.127 e. The van der Waals surface area contributed by atoms with Gasteiger partial charge >= 0.3 is 0 Å². The molecule has 1 aliphatic rings. The molecule has 4 heteroatoms. The lowest BCUT2D eigenvalue weighted by Crippen LogP contribution is -2.30. The average Bonchev–Trinajstić information content (AvgIpc) is 2.54. The van der Waals surface area contributed by atoms with E-state index in [2.05, 4.69) is 11.5 Å². The molecule has 1 aliphatic heterocycles. The standard InChI is InChI=1S/C17H19FN2O/c18-14-8-6-12(7-9-14)11-16(20-19)15-5-1-3-13-4-2-10-21-17(13)15/h1,3,5-9,16,20H,2,4,10-11,19H2. The maximum Gasteiger partial charge on any atom is 0.127 e. The Labute approximate surface area is 123 Å². The highest BCUT2D eigenvalue weighted by molar-refractivity contribution is 5.45. The Morgan fingerprint density at radius 1 is 1.19 bits per heavy atom. The molecule has 1 heterocycles. The molecule has 0 radical (unpaired) electrons. The van der Waals surface area contributed by atoms with E-state index in [0.29, 0.717) is 6.42 Å². The van der Waals surface area contributed by atoms with E-state index in [1.807, 2.05) is 12.1 Å². The van der Waals surface area contributed by atoms with Crippen LogP contribution in [0.25, 0.3) is 0 Å². The van der Waals surface area contributed by atoms with Crippen molar-refractivity contribution in [2.24, 2.45) is 5.84 Å². The first-order chi connectivity index (χ1) is 10.3. The van der Waals surface area contributed by atoms with Crippen molar-refractivity contribution in [2.75, 3.05) is 6.61 Å². The van der Waals surface area contributed by atoms with Crippen molar-refractivity contribution in [2.45, 2.75) is 25.3 Å². The minimum Gasteiger partial charge on any atom is -0.493 e. The molecule has 0 spiro atoms. The Morgan fingerprint density at radius 3 is 2.76 bits per heavy atom. The molecule has 0 fully saturated rings. The fraction of sp³-hybridized carbons (Fsp3) is 0.294. The van der Waals surface area contributed by atoms with Gasteiger partial charge in [0.25, 0.3) is 0 Å². The second-order valence-electron chi connectivity index (χ2n) is 5.34. The van der Waals surface area contributed by atoms with E-state index in [1.165, 1.54) is 17.7 Å². The SMILES string of the molecule is NNC(Cc1ccc(F)cc1)c1cccc2c1OCCC2. The van der Waals surface area contributed by atoms with E-state index in [4.69, 9.17) is 10.6 Å². The van der Waals surface area contributed by atoms with Crippen molar-refractivity contribution in [3.8, 4) is 5.75 Å². The third-order valence-corrected chi connectivity index (χ3v) is 3.89. The van der Waals surface area contributed by atoms with Crippen LogP contribution in [0.3, 0.4) is 0 Å². The van der Waals surface area contributed by atoms with Gasteiger partial charge in [-0.15, -0.1) is 0 Å². The van der Waals surface area contributed by atoms with Crippen LogP contribution in [-0.2, 0) is 12.8 Å². The minimum atomic E-state index is -0.226. The molecule has 0 saturated carbocycles. The number of hydrogen-bond donors (Lipinski definition) is 2. The van der Waals surface area contributed by atoms with Gasteiger partial charge in [-0.3, -0.25) is 11.3 Å². The summed E-state index contributed by atoms with van der Waals surface area (Å²) in [6.07, 6.45) is 2.78. The summed E-state index contributed by atoms with van der Waals surface area (Å²) >= 11 is 0. The first-order valence-electron chi connectivity index (χ1n) is 7.23. The number of aryl methyl sites for hydroxylation is 1. The number of halogens is 1. The van der Waals surface area contributed by atoms with Crippen molar-refractivity contribution in [1.82, 2.24) is 5.43 Å². The van der Waals surface area contributed by atoms with Gasteiger partial charge in [0.05, 0.1) is 12.6 Å². The van der Waals surface area contributed by atoms with Crippen molar-refractivity contribution in [3.63, 3.8) is 0 Å². The van der Waals surface area contributed by atoms with Crippen LogP contribution in [-0.4, -0.2) is 6.61 Å². The van der Waals surface area contributed by atoms with Crippen LogP contribution in [0, 0.1) is 5.82 Å². The lowest BCUT2D eigenvalue weighted by atomic mass is 9.94. The van der Waals surface area contributed by atoms with Crippen LogP contribution in [0.15, 0.2) is 42.5 Å². The molecule has 3 rings (SSSR count). The molecule has 1 unspecified atom stereocenters. The molecule has 0 aromatic heterocycles. The molecule has 1 atom stereocenters. The average molecular weight is 286 g/mol. The first kappa shape index (κ1) is 14.0. The van der Waals surface area contributed by atoms with E-state index in [0.717, 1.165) is 36.3 Å². The third kappa shape index (κ3) is 3.06. The van der Waals surface area contributed by atoms with Gasteiger partial charge in [0.2, 0.25) is 0 Å². The topological polar surface area (TPSA) is 47.3 Å². The molecule has 110 valence electrons. The number of nitrogens with one attached hydrogen (secondary N) is 1. The molecule has 21 heavy (non-hydrogen) atoms. The molecule has 0 saturated heterocycles. The highest BCUT2D eigenvalue weighted by atomic mass is 19.1. The van der Waals surface area contributed by atoms with Crippen LogP contribution in [0.5, 0.6) is 5.75 Å². The normalized spacial score (nSPS) is 15.1. The van der Waals surface area contributed by atoms with Gasteiger partial charge in [0.15, 0.2) is 0 Å². The number of fused-ring (bicyclic) bond motifs is 1. The molecule has 2 aromatic rings. The molecule has 0 amide bonds. The molecule has 0 bridgehead atoms. The second-order valence-corrected chi connectivity index (χ2v) is 5.34. The molecule has 2 aromatic carbocycles. The Balaban J connectivity index is 1.88. The highest BCUT2D eigenvalue weighted by Gasteiger charge is 2.20. The van der Waals surface area contributed by atoms with Gasteiger partial charge in [-0.1, -0.05) is 30.3 Å². The second kappa shape index (κ2) is 6.24. The summed E-state index contributed by atoms with van der Waals surface area (Å²) in [7, 11) is 0. The number of ether oxygens (including phenoxy) is 1. The Morgan fingerprint density at radius 2 is 2.00 bits per heavy atom. The summed E-state index contributed by atoms with van der Waals surface area (Å²) in [5, 5.41) is 0. The monoisotopic (exact) mass is 286 g/mol. The van der Waals surface area contributed by atoms with Gasteiger partial charge in [0.1, 0.15) is 11.6 Å². The van der Waals surface area contributed by atoms with Crippen LogP contribution in [0.1, 0.15) is 29.2 Å². The van der Waals surface area contributed by atoms with Gasteiger partial charge in [0, 0.05) is 5.56 Å². The number of hydrogen-bond acceptors (Lipinski definition) is 3. The minimum absolute atomic E-state index is 0.0523. The Hall–Kier alpha value is -1.91. The summed E-state index contributed by atoms with van der Waals surface area (Å²) < 4.78 is 18.8. The van der Waals surface area contributed by atoms with Gasteiger partial charge in [-0.25, -0.2) is 4.39 Å². The van der Waals surface area contributed by atoms with E-state index in [9.17, 15) is 4.39 Å². The van der Waals surface area contributed by atoms with Gasteiger partial charge in [-0.05, 0) is 42.5 Å². The molecular formula is C17H19FN2O. The van der Waals surface area contributed by atoms with E-state index in [1.54, 1.807) is 12.1 Å². The summed E-state index contributed by atoms with van der Waals surface area (Å²) in [6.45, 7) is 0.748. The Kier molecular flexibility index (Phi) is 4.18. The fourth-order valence-electron chi connectivity index (χ4n) is 2.80.